The van der Waals surface area contributed by atoms with Crippen molar-refractivity contribution in [2.24, 2.45) is 0 Å². The molecule has 0 bridgehead atoms. The summed E-state index contributed by atoms with van der Waals surface area (Å²) in [5, 5.41) is 2.81. The molecule has 154 valence electrons. The molecule has 0 aliphatic carbocycles. The zero-order chi connectivity index (χ0) is 21.1. The van der Waals surface area contributed by atoms with Crippen molar-refractivity contribution in [2.75, 3.05) is 6.61 Å². The predicted octanol–water partition coefficient (Wildman–Crippen LogP) is 3.11. The number of benzene rings is 1. The topological polar surface area (TPSA) is 65.4 Å². The minimum absolute atomic E-state index is 0.233. The van der Waals surface area contributed by atoms with Crippen molar-refractivity contribution >= 4 is 9.81 Å². The Balaban J connectivity index is 1.64. The molecule has 0 unspecified atom stereocenters. The number of imidazole rings is 1. The maximum absolute atomic E-state index is 12.8. The van der Waals surface area contributed by atoms with Gasteiger partial charge in [0.2, 0.25) is 0 Å². The summed E-state index contributed by atoms with van der Waals surface area (Å²) in [6.07, 6.45) is 15.9. The molecule has 2 aliphatic heterocycles. The summed E-state index contributed by atoms with van der Waals surface area (Å²) >= 11 is 1.32. The standard InChI is InChI=1S/C23H23N3O3.W/c1-23(2)16-17-14-20-18(15-19(17)29-23)22(27)25-9-5-3-4-8-21-24-10-12-26(21)11-6-7-13-28-20;/h3-7,9-10,12,14-15H,11,13,16H2,1-2H3,(H,25,27);. The molecule has 30 heavy (non-hydrogen) atoms. The van der Waals surface area contributed by atoms with E-state index in [0.717, 1.165) is 27.5 Å². The van der Waals surface area contributed by atoms with Gasteiger partial charge in [0.15, 0.2) is 0 Å². The van der Waals surface area contributed by atoms with Gasteiger partial charge in [0.05, 0.1) is 0 Å². The second-order valence-electron chi connectivity index (χ2n) is 7.74. The Morgan fingerprint density at radius 2 is 2.07 bits per heavy atom. The number of nitrogens with zero attached hydrogens (tertiary/aromatic N) is 2. The molecule has 0 saturated heterocycles. The summed E-state index contributed by atoms with van der Waals surface area (Å²) in [4.78, 5) is 17.3. The van der Waals surface area contributed by atoms with Crippen molar-refractivity contribution < 1.29 is 33.6 Å². The predicted molar refractivity (Wildman–Crippen MR) is 112 cm³/mol. The number of hydrogen-bond acceptors (Lipinski definition) is 4. The Labute approximate surface area is 186 Å². The van der Waals surface area contributed by atoms with Gasteiger partial charge in [-0.3, -0.25) is 0 Å². The van der Waals surface area contributed by atoms with Crippen molar-refractivity contribution in [2.45, 2.75) is 32.4 Å². The number of carbonyl (C=O) groups is 1. The normalized spacial score (nSPS) is 18.1. The zero-order valence-electron chi connectivity index (χ0n) is 16.9. The van der Waals surface area contributed by atoms with E-state index in [1.165, 1.54) is 19.4 Å². The number of amides is 1. The molecule has 0 fully saturated rings. The molecular weight excluding hydrogens is 550 g/mol. The number of rotatable bonds is 0. The van der Waals surface area contributed by atoms with Crippen LogP contribution in [0.1, 0.15) is 35.6 Å². The van der Waals surface area contributed by atoms with Crippen LogP contribution < -0.4 is 14.8 Å². The van der Waals surface area contributed by atoms with Crippen LogP contribution in [0.5, 0.6) is 11.5 Å². The molecule has 1 amide bonds. The Morgan fingerprint density at radius 1 is 1.20 bits per heavy atom. The Bertz CT molecular complexity index is 1080. The van der Waals surface area contributed by atoms with Gasteiger partial charge in [0.1, 0.15) is 0 Å². The van der Waals surface area contributed by atoms with Gasteiger partial charge in [-0.15, -0.1) is 0 Å². The average molecular weight is 573 g/mol. The Hall–Kier alpha value is -2.72. The molecule has 4 rings (SSSR count). The maximum atomic E-state index is 12.8. The molecule has 0 saturated carbocycles. The summed E-state index contributed by atoms with van der Waals surface area (Å²) in [7, 11) is 0. The molecular formula is C23H23N3O3W. The number of nitrogens with one attached hydrogen (secondary N) is 1. The van der Waals surface area contributed by atoms with E-state index in [1.54, 1.807) is 24.5 Å². The summed E-state index contributed by atoms with van der Waals surface area (Å²) in [5.74, 6) is 2.01. The fourth-order valence-corrected chi connectivity index (χ4v) is 4.37. The van der Waals surface area contributed by atoms with Gasteiger partial charge in [-0.25, -0.2) is 0 Å². The van der Waals surface area contributed by atoms with E-state index in [-0.39, 0.29) is 11.5 Å². The van der Waals surface area contributed by atoms with E-state index in [0.29, 0.717) is 24.5 Å². The van der Waals surface area contributed by atoms with E-state index in [4.69, 9.17) is 9.47 Å². The first-order chi connectivity index (χ1) is 14.4. The molecule has 2 aliphatic rings. The van der Waals surface area contributed by atoms with Crippen molar-refractivity contribution in [3.63, 3.8) is 0 Å². The third-order valence-electron chi connectivity index (χ3n) is 4.82. The summed E-state index contributed by atoms with van der Waals surface area (Å²) in [5.41, 5.74) is 1.23. The molecule has 3 heterocycles. The number of ether oxygens (including phenoxy) is 2. The summed E-state index contributed by atoms with van der Waals surface area (Å²) < 4.78 is 15.2. The second kappa shape index (κ2) is 8.56. The fourth-order valence-electron chi connectivity index (χ4n) is 3.47. The van der Waals surface area contributed by atoms with Crippen LogP contribution in [-0.2, 0) is 32.3 Å². The van der Waals surface area contributed by atoms with Crippen LogP contribution in [0.25, 0.3) is 0 Å². The molecule has 1 aromatic heterocycles. The van der Waals surface area contributed by atoms with Crippen molar-refractivity contribution in [3.8, 4) is 11.5 Å². The third kappa shape index (κ3) is 4.54. The van der Waals surface area contributed by atoms with Gasteiger partial charge < -0.3 is 0 Å². The van der Waals surface area contributed by atoms with Gasteiger partial charge >= 0.3 is 173 Å². The molecule has 2 aromatic rings. The van der Waals surface area contributed by atoms with Crippen molar-refractivity contribution in [1.82, 2.24) is 14.9 Å². The fraction of sp³-hybridized carbons (Fsp3) is 0.261. The number of fused-ring (bicyclic) bond motifs is 3. The monoisotopic (exact) mass is 573 g/mol. The van der Waals surface area contributed by atoms with Gasteiger partial charge in [0, 0.05) is 0 Å². The van der Waals surface area contributed by atoms with Crippen LogP contribution in [-0.4, -0.2) is 31.6 Å². The molecule has 1 aromatic carbocycles. The third-order valence-corrected chi connectivity index (χ3v) is 5.96. The van der Waals surface area contributed by atoms with E-state index >= 15 is 0 Å². The average Bonchev–Trinajstić information content (AvgIpc) is 3.27. The number of hydrogen-bond donors (Lipinski definition) is 1. The first-order valence-electron chi connectivity index (χ1n) is 9.76. The van der Waals surface area contributed by atoms with Gasteiger partial charge in [0.25, 0.3) is 0 Å². The van der Waals surface area contributed by atoms with Crippen LogP contribution in [0, 0.1) is 0 Å². The van der Waals surface area contributed by atoms with Crippen molar-refractivity contribution in [1.29, 1.82) is 0 Å². The molecule has 7 heteroatoms. The molecule has 0 radical (unpaired) electrons. The van der Waals surface area contributed by atoms with Crippen LogP contribution in [0.4, 0.5) is 0 Å². The van der Waals surface area contributed by atoms with Crippen LogP contribution in [0.15, 0.2) is 61.1 Å². The summed E-state index contributed by atoms with van der Waals surface area (Å²) in [6, 6.07) is 3.71. The first kappa shape index (κ1) is 20.5. The zero-order valence-corrected chi connectivity index (χ0v) is 19.9. The van der Waals surface area contributed by atoms with E-state index in [9.17, 15) is 4.79 Å². The Kier molecular flexibility index (Phi) is 5.87. The number of carbonyl (C=O) groups excluding carboxylic acids is 1. The molecule has 6 nitrogen and oxygen atoms in total. The van der Waals surface area contributed by atoms with Crippen LogP contribution >= 0.6 is 0 Å². The first-order valence-corrected chi connectivity index (χ1v) is 11.2. The second-order valence-corrected chi connectivity index (χ2v) is 9.32. The molecule has 1 N–H and O–H groups in total. The van der Waals surface area contributed by atoms with E-state index in [1.807, 2.05) is 50.4 Å². The summed E-state index contributed by atoms with van der Waals surface area (Å²) in [6.45, 7) is 5.16. The quantitative estimate of drug-likeness (QED) is 0.493. The molecule has 0 atom stereocenters. The van der Waals surface area contributed by atoms with Gasteiger partial charge in [-0.1, -0.05) is 0 Å². The minimum atomic E-state index is -0.284. The Morgan fingerprint density at radius 3 is 2.93 bits per heavy atom. The SMILES string of the molecule is CC1(C)Cc2cc3c(cc2O1)C(=O)NC=CC=C[C](=[W])c1nccn1CC=CCO3. The van der Waals surface area contributed by atoms with Crippen molar-refractivity contribution in [3.05, 3.63) is 78.1 Å². The number of allylic oxidation sites excluding steroid dienone is 4. The number of aromatic nitrogens is 2. The molecule has 0 spiro atoms. The van der Waals surface area contributed by atoms with Gasteiger partial charge in [-0.2, -0.15) is 0 Å². The van der Waals surface area contributed by atoms with Gasteiger partial charge in [-0.05, 0) is 13.8 Å². The van der Waals surface area contributed by atoms with Crippen LogP contribution in [0.3, 0.4) is 0 Å². The van der Waals surface area contributed by atoms with E-state index < -0.39 is 0 Å². The van der Waals surface area contributed by atoms with E-state index in [2.05, 4.69) is 14.9 Å². The van der Waals surface area contributed by atoms with Crippen LogP contribution in [0.2, 0.25) is 0 Å².